The van der Waals surface area contributed by atoms with Crippen LogP contribution in [0.5, 0.6) is 0 Å². The number of hydrogen-bond donors (Lipinski definition) is 2. The Morgan fingerprint density at radius 3 is 2.94 bits per heavy atom. The molecule has 5 heteroatoms. The van der Waals surface area contributed by atoms with Crippen LogP contribution in [0.25, 0.3) is 0 Å². The molecule has 1 fully saturated rings. The van der Waals surface area contributed by atoms with Crippen LogP contribution in [0.15, 0.2) is 22.7 Å². The lowest BCUT2D eigenvalue weighted by Crippen LogP contribution is -2.30. The summed E-state index contributed by atoms with van der Waals surface area (Å²) < 4.78 is 0.874. The quantitative estimate of drug-likeness (QED) is 0.885. The lowest BCUT2D eigenvalue weighted by atomic mass is 10.1. The number of amides is 1. The predicted octanol–water partition coefficient (Wildman–Crippen LogP) is 1.35. The zero-order valence-electron chi connectivity index (χ0n) is 9.74. The fourth-order valence-electron chi connectivity index (χ4n) is 2.20. The molecule has 0 aliphatic carbocycles. The Bertz CT molecular complexity index is 436. The van der Waals surface area contributed by atoms with Crippen molar-refractivity contribution in [2.24, 2.45) is 5.73 Å². The van der Waals surface area contributed by atoms with Crippen molar-refractivity contribution in [1.29, 1.82) is 0 Å². The number of carbonyl (C=O) groups is 1. The van der Waals surface area contributed by atoms with Gasteiger partial charge >= 0.3 is 0 Å². The van der Waals surface area contributed by atoms with Gasteiger partial charge in [0.2, 0.25) is 0 Å². The van der Waals surface area contributed by atoms with Crippen LogP contribution in [0.4, 0.5) is 5.69 Å². The van der Waals surface area contributed by atoms with Crippen LogP contribution >= 0.6 is 15.9 Å². The van der Waals surface area contributed by atoms with E-state index in [1.54, 1.807) is 6.07 Å². The highest BCUT2D eigenvalue weighted by molar-refractivity contribution is 9.10. The number of primary amides is 1. The van der Waals surface area contributed by atoms with E-state index in [0.29, 0.717) is 11.6 Å². The van der Waals surface area contributed by atoms with Crippen LogP contribution in [-0.4, -0.2) is 32.1 Å². The lowest BCUT2D eigenvalue weighted by molar-refractivity contribution is 0.100. The molecule has 0 spiro atoms. The third-order valence-corrected chi connectivity index (χ3v) is 3.65. The van der Waals surface area contributed by atoms with Crippen molar-refractivity contribution >= 4 is 27.5 Å². The Kier molecular flexibility index (Phi) is 3.69. The summed E-state index contributed by atoms with van der Waals surface area (Å²) in [6, 6.07) is 6.15. The van der Waals surface area contributed by atoms with E-state index in [4.69, 9.17) is 5.73 Å². The van der Waals surface area contributed by atoms with E-state index >= 15 is 0 Å². The second-order valence-electron chi connectivity index (χ2n) is 4.25. The molecule has 1 heterocycles. The summed E-state index contributed by atoms with van der Waals surface area (Å²) >= 11 is 3.36. The van der Waals surface area contributed by atoms with Crippen LogP contribution in [0, 0.1) is 0 Å². The monoisotopic (exact) mass is 297 g/mol. The first-order valence-corrected chi connectivity index (χ1v) is 6.42. The van der Waals surface area contributed by atoms with Crippen molar-refractivity contribution in [3.8, 4) is 0 Å². The predicted molar refractivity (Wildman–Crippen MR) is 72.3 cm³/mol. The number of nitrogens with one attached hydrogen (secondary N) is 1. The van der Waals surface area contributed by atoms with Crippen molar-refractivity contribution in [3.63, 3.8) is 0 Å². The van der Waals surface area contributed by atoms with Crippen molar-refractivity contribution in [2.75, 3.05) is 25.0 Å². The number of nitrogens with zero attached hydrogens (tertiary/aromatic N) is 1. The second kappa shape index (κ2) is 5.06. The summed E-state index contributed by atoms with van der Waals surface area (Å²) in [5, 5.41) is 3.26. The van der Waals surface area contributed by atoms with Crippen LogP contribution in [0.3, 0.4) is 0 Å². The molecule has 4 nitrogen and oxygen atoms in total. The molecule has 1 atom stereocenters. The van der Waals surface area contributed by atoms with Gasteiger partial charge in [-0.1, -0.05) is 15.9 Å². The lowest BCUT2D eigenvalue weighted by Gasteiger charge is -2.21. The standard InChI is InChI=1S/C12H16BrN3O/c1-15-9-4-5-16(7-9)11-3-2-8(13)6-10(11)12(14)17/h2-3,6,9,15H,4-5,7H2,1H3,(H2,14,17). The van der Waals surface area contributed by atoms with Crippen LogP contribution in [0.2, 0.25) is 0 Å². The van der Waals surface area contributed by atoms with E-state index in [0.717, 1.165) is 29.7 Å². The zero-order chi connectivity index (χ0) is 12.4. The summed E-state index contributed by atoms with van der Waals surface area (Å²) in [6.45, 7) is 1.87. The summed E-state index contributed by atoms with van der Waals surface area (Å²) in [5.41, 5.74) is 6.93. The summed E-state index contributed by atoms with van der Waals surface area (Å²) in [7, 11) is 1.96. The van der Waals surface area contributed by atoms with E-state index in [9.17, 15) is 4.79 Å². The third-order valence-electron chi connectivity index (χ3n) is 3.16. The Morgan fingerprint density at radius 1 is 1.59 bits per heavy atom. The SMILES string of the molecule is CNC1CCN(c2ccc(Br)cc2C(N)=O)C1. The Morgan fingerprint density at radius 2 is 2.35 bits per heavy atom. The number of hydrogen-bond acceptors (Lipinski definition) is 3. The zero-order valence-corrected chi connectivity index (χ0v) is 11.3. The summed E-state index contributed by atoms with van der Waals surface area (Å²) in [6.07, 6.45) is 1.09. The van der Waals surface area contributed by atoms with Crippen LogP contribution < -0.4 is 16.0 Å². The second-order valence-corrected chi connectivity index (χ2v) is 5.16. The van der Waals surface area contributed by atoms with Crippen molar-refractivity contribution < 1.29 is 4.79 Å². The average molecular weight is 298 g/mol. The largest absolute Gasteiger partial charge is 0.369 e. The molecule has 17 heavy (non-hydrogen) atoms. The van der Waals surface area contributed by atoms with Crippen molar-refractivity contribution in [3.05, 3.63) is 28.2 Å². The van der Waals surface area contributed by atoms with Gasteiger partial charge in [-0.3, -0.25) is 4.79 Å². The molecular weight excluding hydrogens is 282 g/mol. The number of rotatable bonds is 3. The van der Waals surface area contributed by atoms with Gasteiger partial charge in [-0.2, -0.15) is 0 Å². The first kappa shape index (κ1) is 12.4. The minimum Gasteiger partial charge on any atom is -0.369 e. The number of benzene rings is 1. The van der Waals surface area contributed by atoms with Gasteiger partial charge in [-0.05, 0) is 31.7 Å². The van der Waals surface area contributed by atoms with Gasteiger partial charge in [-0.25, -0.2) is 0 Å². The fraction of sp³-hybridized carbons (Fsp3) is 0.417. The Balaban J connectivity index is 2.29. The molecule has 0 saturated carbocycles. The normalized spacial score (nSPS) is 19.6. The molecule has 1 aliphatic rings. The van der Waals surface area contributed by atoms with E-state index in [1.165, 1.54) is 0 Å². The van der Waals surface area contributed by atoms with Gasteiger partial charge < -0.3 is 16.0 Å². The number of likely N-dealkylation sites (N-methyl/N-ethyl adjacent to an activating group) is 1. The molecule has 0 bridgehead atoms. The topological polar surface area (TPSA) is 58.4 Å². The van der Waals surface area contributed by atoms with Gasteiger partial charge in [0.1, 0.15) is 0 Å². The molecular formula is C12H16BrN3O. The van der Waals surface area contributed by atoms with E-state index in [-0.39, 0.29) is 5.91 Å². The molecule has 1 aromatic rings. The summed E-state index contributed by atoms with van der Waals surface area (Å²) in [4.78, 5) is 13.6. The highest BCUT2D eigenvalue weighted by Gasteiger charge is 2.24. The average Bonchev–Trinajstić information content (AvgIpc) is 2.77. The maximum absolute atomic E-state index is 11.4. The first-order chi connectivity index (χ1) is 8.11. The maximum Gasteiger partial charge on any atom is 0.250 e. The van der Waals surface area contributed by atoms with Gasteiger partial charge in [0, 0.05) is 29.3 Å². The molecule has 1 unspecified atom stereocenters. The minimum absolute atomic E-state index is 0.380. The molecule has 3 N–H and O–H groups in total. The van der Waals surface area contributed by atoms with Crippen LogP contribution in [0.1, 0.15) is 16.8 Å². The van der Waals surface area contributed by atoms with Gasteiger partial charge in [0.15, 0.2) is 0 Å². The molecule has 0 radical (unpaired) electrons. The van der Waals surface area contributed by atoms with Crippen molar-refractivity contribution in [2.45, 2.75) is 12.5 Å². The van der Waals surface area contributed by atoms with Gasteiger partial charge in [0.05, 0.1) is 5.56 Å². The summed E-state index contributed by atoms with van der Waals surface area (Å²) in [5.74, 6) is -0.380. The molecule has 2 rings (SSSR count). The molecule has 1 aliphatic heterocycles. The molecule has 0 aromatic heterocycles. The third kappa shape index (κ3) is 2.61. The Labute approximate surface area is 109 Å². The number of anilines is 1. The van der Waals surface area contributed by atoms with E-state index in [1.807, 2.05) is 19.2 Å². The van der Waals surface area contributed by atoms with Crippen molar-refractivity contribution in [1.82, 2.24) is 5.32 Å². The van der Waals surface area contributed by atoms with E-state index in [2.05, 4.69) is 26.1 Å². The smallest absolute Gasteiger partial charge is 0.250 e. The number of carbonyl (C=O) groups excluding carboxylic acids is 1. The first-order valence-electron chi connectivity index (χ1n) is 5.63. The van der Waals surface area contributed by atoms with Gasteiger partial charge in [-0.15, -0.1) is 0 Å². The molecule has 92 valence electrons. The van der Waals surface area contributed by atoms with Crippen LogP contribution in [-0.2, 0) is 0 Å². The number of nitrogens with two attached hydrogens (primary N) is 1. The Hall–Kier alpha value is -1.07. The van der Waals surface area contributed by atoms with E-state index < -0.39 is 0 Å². The van der Waals surface area contributed by atoms with Gasteiger partial charge in [0.25, 0.3) is 5.91 Å². The highest BCUT2D eigenvalue weighted by atomic mass is 79.9. The highest BCUT2D eigenvalue weighted by Crippen LogP contribution is 2.27. The maximum atomic E-state index is 11.4. The molecule has 1 aromatic carbocycles. The molecule has 1 saturated heterocycles. The number of halogens is 1. The minimum atomic E-state index is -0.380. The molecule has 1 amide bonds. The fourth-order valence-corrected chi connectivity index (χ4v) is 2.56.